The van der Waals surface area contributed by atoms with E-state index >= 15 is 0 Å². The van der Waals surface area contributed by atoms with E-state index in [0.717, 1.165) is 42.1 Å². The van der Waals surface area contributed by atoms with Crippen LogP contribution in [0.15, 0.2) is 29.2 Å². The Balaban J connectivity index is 1.29. The average molecular weight is 503 g/mol. The lowest BCUT2D eigenvalue weighted by Gasteiger charge is -2.58. The van der Waals surface area contributed by atoms with E-state index < -0.39 is 15.7 Å². The summed E-state index contributed by atoms with van der Waals surface area (Å²) in [6.45, 7) is 11.2. The van der Waals surface area contributed by atoms with Gasteiger partial charge >= 0.3 is 0 Å². The molecule has 4 aliphatic carbocycles. The molecule has 0 radical (unpaired) electrons. The van der Waals surface area contributed by atoms with Crippen molar-refractivity contribution in [2.45, 2.75) is 103 Å². The van der Waals surface area contributed by atoms with E-state index in [-0.39, 0.29) is 22.3 Å². The Labute approximate surface area is 213 Å². The highest BCUT2D eigenvalue weighted by Crippen LogP contribution is 2.67. The van der Waals surface area contributed by atoms with Gasteiger partial charge in [-0.3, -0.25) is 4.18 Å². The lowest BCUT2D eigenvalue weighted by Crippen LogP contribution is -2.52. The van der Waals surface area contributed by atoms with Crippen molar-refractivity contribution in [2.75, 3.05) is 6.61 Å². The highest BCUT2D eigenvalue weighted by Gasteiger charge is 2.60. The van der Waals surface area contributed by atoms with Gasteiger partial charge in [-0.25, -0.2) is 0 Å². The predicted octanol–water partition coefficient (Wildman–Crippen LogP) is 6.75. The number of rotatable bonds is 5. The predicted molar refractivity (Wildman–Crippen MR) is 139 cm³/mol. The highest BCUT2D eigenvalue weighted by molar-refractivity contribution is 7.86. The number of hydrogen-bond donors (Lipinski definition) is 1. The van der Waals surface area contributed by atoms with Gasteiger partial charge in [0.1, 0.15) is 0 Å². The molecule has 0 unspecified atom stereocenters. The van der Waals surface area contributed by atoms with Crippen molar-refractivity contribution in [3.63, 3.8) is 0 Å². The molecule has 1 N–H and O–H groups in total. The molecule has 196 valence electrons. The summed E-state index contributed by atoms with van der Waals surface area (Å²) in [5.74, 6) is 4.34. The molecule has 0 spiro atoms. The van der Waals surface area contributed by atoms with Gasteiger partial charge < -0.3 is 5.11 Å². The third-order valence-electron chi connectivity index (χ3n) is 11.1. The first-order valence-corrected chi connectivity index (χ1v) is 15.4. The lowest BCUT2D eigenvalue weighted by molar-refractivity contribution is -0.109. The Bertz CT molecular complexity index is 1030. The Hall–Kier alpha value is -0.910. The zero-order valence-corrected chi connectivity index (χ0v) is 23.2. The molecule has 1 aromatic carbocycles. The molecule has 4 nitrogen and oxygen atoms in total. The van der Waals surface area contributed by atoms with Crippen LogP contribution in [0.25, 0.3) is 0 Å². The summed E-state index contributed by atoms with van der Waals surface area (Å²) < 4.78 is 31.5. The van der Waals surface area contributed by atoms with E-state index in [9.17, 15) is 13.5 Å². The third-order valence-corrected chi connectivity index (χ3v) is 12.4. The largest absolute Gasteiger partial charge is 0.390 e. The molecule has 5 rings (SSSR count). The molecule has 8 atom stereocenters. The van der Waals surface area contributed by atoms with Crippen LogP contribution in [0.1, 0.15) is 91.0 Å². The van der Waals surface area contributed by atoms with E-state index in [1.807, 2.05) is 26.0 Å². The second-order valence-corrected chi connectivity index (χ2v) is 15.5. The summed E-state index contributed by atoms with van der Waals surface area (Å²) in [7, 11) is -3.75. The lowest BCUT2D eigenvalue weighted by atomic mass is 9.48. The molecule has 1 aromatic rings. The highest BCUT2D eigenvalue weighted by atomic mass is 32.2. The van der Waals surface area contributed by atoms with Gasteiger partial charge in [0.05, 0.1) is 17.1 Å². The van der Waals surface area contributed by atoms with Crippen molar-refractivity contribution in [2.24, 2.45) is 46.3 Å². The van der Waals surface area contributed by atoms with Gasteiger partial charge in [-0.15, -0.1) is 0 Å². The molecule has 4 fully saturated rings. The first-order valence-electron chi connectivity index (χ1n) is 14.0. The Kier molecular flexibility index (Phi) is 6.50. The number of aryl methyl sites for hydroxylation is 1. The van der Waals surface area contributed by atoms with Crippen molar-refractivity contribution in [1.82, 2.24) is 0 Å². The van der Waals surface area contributed by atoms with Gasteiger partial charge in [-0.1, -0.05) is 38.5 Å². The van der Waals surface area contributed by atoms with Crippen LogP contribution < -0.4 is 0 Å². The average Bonchev–Trinajstić information content (AvgIpc) is 3.15. The monoisotopic (exact) mass is 502 g/mol. The molecule has 4 aliphatic rings. The van der Waals surface area contributed by atoms with E-state index in [0.29, 0.717) is 11.8 Å². The van der Waals surface area contributed by atoms with Crippen molar-refractivity contribution in [1.29, 1.82) is 0 Å². The van der Waals surface area contributed by atoms with Gasteiger partial charge in [0.2, 0.25) is 0 Å². The summed E-state index contributed by atoms with van der Waals surface area (Å²) in [6.07, 6.45) is 10.7. The van der Waals surface area contributed by atoms with E-state index in [1.165, 1.54) is 44.9 Å². The molecule has 0 aromatic heterocycles. The molecule has 0 aliphatic heterocycles. The van der Waals surface area contributed by atoms with Crippen molar-refractivity contribution < 1.29 is 17.7 Å². The summed E-state index contributed by atoms with van der Waals surface area (Å²) in [5.41, 5.74) is 0.639. The van der Waals surface area contributed by atoms with Crippen LogP contribution in [-0.2, 0) is 14.3 Å². The Morgan fingerprint density at radius 3 is 2.34 bits per heavy atom. The molecule has 0 heterocycles. The molecular formula is C30H46O4S. The van der Waals surface area contributed by atoms with Crippen molar-refractivity contribution in [3.05, 3.63) is 29.8 Å². The van der Waals surface area contributed by atoms with Crippen LogP contribution in [0.5, 0.6) is 0 Å². The van der Waals surface area contributed by atoms with Crippen LogP contribution in [-0.4, -0.2) is 25.7 Å². The fraction of sp³-hybridized carbons (Fsp3) is 0.800. The number of benzene rings is 1. The number of aliphatic hydroxyl groups is 1. The maximum Gasteiger partial charge on any atom is 0.296 e. The minimum absolute atomic E-state index is 0.200. The maximum atomic E-state index is 12.9. The number of fused-ring (bicyclic) bond motifs is 5. The molecule has 0 bridgehead atoms. The van der Waals surface area contributed by atoms with E-state index in [1.54, 1.807) is 12.1 Å². The first-order chi connectivity index (χ1) is 16.3. The normalized spacial score (nSPS) is 41.7. The van der Waals surface area contributed by atoms with Gasteiger partial charge in [0.15, 0.2) is 0 Å². The topological polar surface area (TPSA) is 63.6 Å². The Morgan fingerprint density at radius 1 is 0.943 bits per heavy atom. The van der Waals surface area contributed by atoms with Gasteiger partial charge in [-0.2, -0.15) is 8.42 Å². The van der Waals surface area contributed by atoms with E-state index in [2.05, 4.69) is 20.8 Å². The third kappa shape index (κ3) is 4.63. The second-order valence-electron chi connectivity index (χ2n) is 13.9. The molecular weight excluding hydrogens is 456 g/mol. The maximum absolute atomic E-state index is 12.9. The summed E-state index contributed by atoms with van der Waals surface area (Å²) in [6, 6.07) is 6.94. The molecule has 0 saturated heterocycles. The second kappa shape index (κ2) is 8.84. The fourth-order valence-corrected chi connectivity index (χ4v) is 10.5. The van der Waals surface area contributed by atoms with Crippen LogP contribution in [0.4, 0.5) is 0 Å². The van der Waals surface area contributed by atoms with Crippen LogP contribution >= 0.6 is 0 Å². The molecule has 5 heteroatoms. The molecule has 0 amide bonds. The molecule has 4 saturated carbocycles. The van der Waals surface area contributed by atoms with Crippen molar-refractivity contribution in [3.8, 4) is 0 Å². The Morgan fingerprint density at radius 2 is 1.63 bits per heavy atom. The van der Waals surface area contributed by atoms with Crippen molar-refractivity contribution >= 4 is 10.1 Å². The summed E-state index contributed by atoms with van der Waals surface area (Å²) in [5, 5.41) is 10.7. The van der Waals surface area contributed by atoms with E-state index in [4.69, 9.17) is 4.18 Å². The zero-order valence-electron chi connectivity index (χ0n) is 22.4. The summed E-state index contributed by atoms with van der Waals surface area (Å²) in [4.78, 5) is 0.248. The smallest absolute Gasteiger partial charge is 0.296 e. The molecule has 35 heavy (non-hydrogen) atoms. The number of hydrogen-bond acceptors (Lipinski definition) is 4. The minimum atomic E-state index is -3.75. The van der Waals surface area contributed by atoms with Gasteiger partial charge in [0, 0.05) is 0 Å². The SMILES string of the molecule is Cc1ccc(S(=O)(=O)OCC(C)(C)[C@H]2CC[C@H]3[C@@H]4CC[C@@H]5C[C@](C)(O)CC[C@@H]5[C@H]4CC[C@]23C)cc1. The fourth-order valence-electron chi connectivity index (χ4n) is 9.47. The van der Waals surface area contributed by atoms with Crippen LogP contribution in [0.3, 0.4) is 0 Å². The van der Waals surface area contributed by atoms with Gasteiger partial charge in [-0.05, 0) is 130 Å². The first kappa shape index (κ1) is 25.7. The standard InChI is InChI=1S/C30H46O4S/c1-20-6-9-22(10-7-20)35(32,33)34-19-28(2,3)27-13-12-26-25-11-8-21-18-29(4,31)16-14-23(21)24(25)15-17-30(26,27)5/h6-7,9-10,21,23-27,31H,8,11-19H2,1-5H3/t21-,23+,24-,25-,26+,27-,29-,30+/m1/s1. The zero-order chi connectivity index (χ0) is 25.2. The van der Waals surface area contributed by atoms with Crippen LogP contribution in [0, 0.1) is 53.3 Å². The summed E-state index contributed by atoms with van der Waals surface area (Å²) >= 11 is 0. The van der Waals surface area contributed by atoms with Crippen LogP contribution in [0.2, 0.25) is 0 Å². The van der Waals surface area contributed by atoms with Gasteiger partial charge in [0.25, 0.3) is 10.1 Å². The quantitative estimate of drug-likeness (QED) is 0.453. The minimum Gasteiger partial charge on any atom is -0.390 e.